The lowest BCUT2D eigenvalue weighted by Crippen LogP contribution is -2.13. The molecule has 0 atom stereocenters. The molecule has 0 aliphatic heterocycles. The van der Waals surface area contributed by atoms with Crippen LogP contribution in [0.3, 0.4) is 0 Å². The molecule has 2 rings (SSSR count). The van der Waals surface area contributed by atoms with Crippen LogP contribution in [0.25, 0.3) is 0 Å². The van der Waals surface area contributed by atoms with E-state index in [0.29, 0.717) is 5.56 Å². The van der Waals surface area contributed by atoms with Gasteiger partial charge in [0.1, 0.15) is 5.75 Å². The Balaban J connectivity index is 2.28. The monoisotopic (exact) mass is 295 g/mol. The van der Waals surface area contributed by atoms with Crippen LogP contribution in [-0.2, 0) is 6.18 Å². The predicted octanol–water partition coefficient (Wildman–Crippen LogP) is 3.97. The molecular formula is C15H12F3NO2. The summed E-state index contributed by atoms with van der Waals surface area (Å²) in [6, 6.07) is 11.6. The maximum absolute atomic E-state index is 12.9. The van der Waals surface area contributed by atoms with Crippen LogP contribution in [0.1, 0.15) is 15.9 Å². The Bertz CT molecular complexity index is 639. The van der Waals surface area contributed by atoms with Crippen molar-refractivity contribution in [3.8, 4) is 5.75 Å². The van der Waals surface area contributed by atoms with Crippen molar-refractivity contribution in [3.05, 3.63) is 59.7 Å². The second kappa shape index (κ2) is 5.87. The van der Waals surface area contributed by atoms with Crippen molar-refractivity contribution in [1.29, 1.82) is 0 Å². The van der Waals surface area contributed by atoms with E-state index in [4.69, 9.17) is 0 Å². The number of methoxy groups -OCH3 is 1. The molecule has 1 amide bonds. The van der Waals surface area contributed by atoms with Gasteiger partial charge in [-0.15, -0.1) is 0 Å². The second-order valence-electron chi connectivity index (χ2n) is 4.23. The number of anilines is 1. The normalized spacial score (nSPS) is 11.0. The van der Waals surface area contributed by atoms with Gasteiger partial charge in [-0.25, -0.2) is 0 Å². The van der Waals surface area contributed by atoms with Crippen molar-refractivity contribution in [1.82, 2.24) is 0 Å². The van der Waals surface area contributed by atoms with Gasteiger partial charge in [0.05, 0.1) is 12.7 Å². The van der Waals surface area contributed by atoms with Crippen molar-refractivity contribution in [2.24, 2.45) is 0 Å². The van der Waals surface area contributed by atoms with Gasteiger partial charge in [0.25, 0.3) is 5.91 Å². The zero-order valence-corrected chi connectivity index (χ0v) is 11.1. The summed E-state index contributed by atoms with van der Waals surface area (Å²) in [5, 5.41) is 2.43. The van der Waals surface area contributed by atoms with Crippen LogP contribution in [0.5, 0.6) is 5.75 Å². The zero-order valence-electron chi connectivity index (χ0n) is 11.1. The molecule has 0 aliphatic carbocycles. The smallest absolute Gasteiger partial charge is 0.420 e. The van der Waals surface area contributed by atoms with Gasteiger partial charge >= 0.3 is 6.18 Å². The molecule has 2 aromatic rings. The lowest BCUT2D eigenvalue weighted by Gasteiger charge is -2.14. The van der Waals surface area contributed by atoms with Crippen molar-refractivity contribution >= 4 is 11.6 Å². The average Bonchev–Trinajstić information content (AvgIpc) is 2.47. The number of benzene rings is 2. The number of ether oxygens (including phenoxy) is 1. The first-order chi connectivity index (χ1) is 9.91. The van der Waals surface area contributed by atoms with Crippen LogP contribution < -0.4 is 10.1 Å². The molecule has 0 bridgehead atoms. The number of halogens is 3. The van der Waals surface area contributed by atoms with Crippen molar-refractivity contribution in [3.63, 3.8) is 0 Å². The predicted molar refractivity (Wildman–Crippen MR) is 72.4 cm³/mol. The Labute approximate surface area is 119 Å². The summed E-state index contributed by atoms with van der Waals surface area (Å²) in [7, 11) is 1.16. The molecule has 0 unspecified atom stereocenters. The van der Waals surface area contributed by atoms with Gasteiger partial charge in [-0.05, 0) is 30.3 Å². The highest BCUT2D eigenvalue weighted by atomic mass is 19.4. The van der Waals surface area contributed by atoms with E-state index >= 15 is 0 Å². The third-order valence-electron chi connectivity index (χ3n) is 2.80. The number of hydrogen-bond acceptors (Lipinski definition) is 2. The Morgan fingerprint density at radius 2 is 1.76 bits per heavy atom. The maximum atomic E-state index is 12.9. The molecule has 0 aromatic heterocycles. The number of nitrogens with one attached hydrogen (secondary N) is 1. The quantitative estimate of drug-likeness (QED) is 0.930. The van der Waals surface area contributed by atoms with E-state index < -0.39 is 17.6 Å². The molecule has 2 aromatic carbocycles. The van der Waals surface area contributed by atoms with E-state index in [1.807, 2.05) is 0 Å². The summed E-state index contributed by atoms with van der Waals surface area (Å²) >= 11 is 0. The van der Waals surface area contributed by atoms with Gasteiger partial charge in [-0.2, -0.15) is 13.2 Å². The van der Waals surface area contributed by atoms with Crippen molar-refractivity contribution in [2.45, 2.75) is 6.18 Å². The van der Waals surface area contributed by atoms with Crippen molar-refractivity contribution in [2.75, 3.05) is 12.4 Å². The number of carbonyl (C=O) groups is 1. The van der Waals surface area contributed by atoms with Gasteiger partial charge in [0, 0.05) is 11.3 Å². The third-order valence-corrected chi connectivity index (χ3v) is 2.80. The molecule has 21 heavy (non-hydrogen) atoms. The van der Waals surface area contributed by atoms with Crippen LogP contribution in [0, 0.1) is 0 Å². The van der Waals surface area contributed by atoms with Crippen LogP contribution in [-0.4, -0.2) is 13.0 Å². The lowest BCUT2D eigenvalue weighted by molar-refractivity contribution is -0.138. The third kappa shape index (κ3) is 3.53. The molecular weight excluding hydrogens is 283 g/mol. The number of rotatable bonds is 3. The second-order valence-corrected chi connectivity index (χ2v) is 4.23. The van der Waals surface area contributed by atoms with Gasteiger partial charge in [-0.1, -0.05) is 18.2 Å². The molecule has 0 aliphatic rings. The molecule has 0 spiro atoms. The maximum Gasteiger partial charge on any atom is 0.420 e. The summed E-state index contributed by atoms with van der Waals surface area (Å²) in [6.45, 7) is 0. The Morgan fingerprint density at radius 1 is 1.10 bits per heavy atom. The minimum Gasteiger partial charge on any atom is -0.496 e. The average molecular weight is 295 g/mol. The topological polar surface area (TPSA) is 38.3 Å². The Hall–Kier alpha value is -2.50. The molecule has 6 heteroatoms. The highest BCUT2D eigenvalue weighted by molar-refractivity contribution is 6.04. The first kappa shape index (κ1) is 14.9. The van der Waals surface area contributed by atoms with Crippen molar-refractivity contribution < 1.29 is 22.7 Å². The Kier molecular flexibility index (Phi) is 4.16. The summed E-state index contributed by atoms with van der Waals surface area (Å²) in [5.74, 6) is -0.769. The zero-order chi connectivity index (χ0) is 15.5. The highest BCUT2D eigenvalue weighted by Gasteiger charge is 2.34. The van der Waals surface area contributed by atoms with E-state index in [0.717, 1.165) is 13.2 Å². The number of hydrogen-bond donors (Lipinski definition) is 1. The van der Waals surface area contributed by atoms with Crippen LogP contribution in [0.4, 0.5) is 18.9 Å². The van der Waals surface area contributed by atoms with Crippen LogP contribution >= 0.6 is 0 Å². The number of carbonyl (C=O) groups excluding carboxylic acids is 1. The van der Waals surface area contributed by atoms with E-state index in [-0.39, 0.29) is 11.4 Å². The fourth-order valence-corrected chi connectivity index (χ4v) is 1.80. The number of alkyl halides is 3. The van der Waals surface area contributed by atoms with Gasteiger partial charge in [0.2, 0.25) is 0 Å². The summed E-state index contributed by atoms with van der Waals surface area (Å²) in [4.78, 5) is 11.9. The highest BCUT2D eigenvalue weighted by Crippen LogP contribution is 2.37. The van der Waals surface area contributed by atoms with Crippen LogP contribution in [0.2, 0.25) is 0 Å². The molecule has 0 saturated carbocycles. The van der Waals surface area contributed by atoms with E-state index in [1.54, 1.807) is 30.3 Å². The minimum atomic E-state index is -4.56. The van der Waals surface area contributed by atoms with E-state index in [9.17, 15) is 18.0 Å². The Morgan fingerprint density at radius 3 is 2.33 bits per heavy atom. The molecule has 1 N–H and O–H groups in total. The summed E-state index contributed by atoms with van der Waals surface area (Å²) < 4.78 is 43.3. The molecule has 0 heterocycles. The SMILES string of the molecule is COc1ccc(NC(=O)c2ccccc2)cc1C(F)(F)F. The lowest BCUT2D eigenvalue weighted by atomic mass is 10.1. The molecule has 110 valence electrons. The molecule has 0 saturated heterocycles. The van der Waals surface area contributed by atoms with Gasteiger partial charge in [0.15, 0.2) is 0 Å². The van der Waals surface area contributed by atoms with Gasteiger partial charge < -0.3 is 10.1 Å². The van der Waals surface area contributed by atoms with Gasteiger partial charge in [-0.3, -0.25) is 4.79 Å². The van der Waals surface area contributed by atoms with E-state index in [2.05, 4.69) is 10.1 Å². The first-order valence-corrected chi connectivity index (χ1v) is 6.03. The van der Waals surface area contributed by atoms with Crippen LogP contribution in [0.15, 0.2) is 48.5 Å². The standard InChI is InChI=1S/C15H12F3NO2/c1-21-13-8-7-11(9-12(13)15(16,17)18)19-14(20)10-5-3-2-4-6-10/h2-9H,1H3,(H,19,20). The molecule has 0 radical (unpaired) electrons. The minimum absolute atomic E-state index is 0.0528. The number of amides is 1. The largest absolute Gasteiger partial charge is 0.496 e. The van der Waals surface area contributed by atoms with E-state index in [1.165, 1.54) is 12.1 Å². The fourth-order valence-electron chi connectivity index (χ4n) is 1.80. The summed E-state index contributed by atoms with van der Waals surface area (Å²) in [5.41, 5.74) is -0.519. The summed E-state index contributed by atoms with van der Waals surface area (Å²) in [6.07, 6.45) is -4.56. The fraction of sp³-hybridized carbons (Fsp3) is 0.133. The first-order valence-electron chi connectivity index (χ1n) is 6.03. The molecule has 3 nitrogen and oxygen atoms in total. The molecule has 0 fully saturated rings.